The molecule has 3 rings (SSSR count). The molecule has 2 aromatic carbocycles. The third-order valence-electron chi connectivity index (χ3n) is 3.24. The summed E-state index contributed by atoms with van der Waals surface area (Å²) in [5.74, 6) is -0.523. The lowest BCUT2D eigenvalue weighted by molar-refractivity contribution is -0.432. The van der Waals surface area contributed by atoms with Crippen LogP contribution in [0.25, 0.3) is 22.1 Å². The lowest BCUT2D eigenvalue weighted by atomic mass is 10.2. The number of aromatic nitrogens is 2. The van der Waals surface area contributed by atoms with Gasteiger partial charge in [0.1, 0.15) is 11.0 Å². The summed E-state index contributed by atoms with van der Waals surface area (Å²) >= 11 is 0. The van der Waals surface area contributed by atoms with Crippen LogP contribution in [0.4, 0.5) is 0 Å². The van der Waals surface area contributed by atoms with Gasteiger partial charge < -0.3 is 14.7 Å². The Morgan fingerprint density at radius 1 is 1.19 bits per heavy atom. The minimum absolute atomic E-state index is 0.134. The van der Waals surface area contributed by atoms with Gasteiger partial charge in [-0.15, -0.1) is 0 Å². The molecule has 0 radical (unpaired) electrons. The number of ether oxygens (including phenoxy) is 1. The van der Waals surface area contributed by atoms with Crippen molar-refractivity contribution < 1.29 is 14.0 Å². The van der Waals surface area contributed by atoms with E-state index in [0.717, 1.165) is 0 Å². The molecular formula is C15H12N2O4. The van der Waals surface area contributed by atoms with Crippen molar-refractivity contribution in [3.63, 3.8) is 0 Å². The Morgan fingerprint density at radius 2 is 1.90 bits per heavy atom. The second kappa shape index (κ2) is 4.90. The fourth-order valence-corrected chi connectivity index (χ4v) is 2.27. The van der Waals surface area contributed by atoms with Gasteiger partial charge in [-0.05, 0) is 25.1 Å². The lowest BCUT2D eigenvalue weighted by Gasteiger charge is -2.14. The number of fused-ring (bicyclic) bond motifs is 2. The largest absolute Gasteiger partial charge is 0.805 e. The van der Waals surface area contributed by atoms with Crippen molar-refractivity contribution in [2.45, 2.75) is 6.92 Å². The number of carbonyl (C=O) groups excluding carboxylic acids is 1. The van der Waals surface area contributed by atoms with Gasteiger partial charge >= 0.3 is 5.97 Å². The van der Waals surface area contributed by atoms with Crippen LogP contribution < -0.4 is 4.43 Å². The molecule has 3 aromatic rings. The van der Waals surface area contributed by atoms with Gasteiger partial charge in [0.25, 0.3) is 11.0 Å². The Bertz CT molecular complexity index is 915. The summed E-state index contributed by atoms with van der Waals surface area (Å²) in [6, 6.07) is 10.8. The molecule has 0 unspecified atom stereocenters. The monoisotopic (exact) mass is 284 g/mol. The van der Waals surface area contributed by atoms with Gasteiger partial charge in [-0.2, -0.15) is 0 Å². The highest BCUT2D eigenvalue weighted by Gasteiger charge is 2.17. The average Bonchev–Trinajstić information content (AvgIpc) is 2.52. The van der Waals surface area contributed by atoms with Gasteiger partial charge in [0.2, 0.25) is 0 Å². The van der Waals surface area contributed by atoms with Gasteiger partial charge in [-0.25, -0.2) is 4.79 Å². The topological polar surface area (TPSA) is 77.3 Å². The summed E-state index contributed by atoms with van der Waals surface area (Å²) < 4.78 is 6.24. The van der Waals surface area contributed by atoms with Gasteiger partial charge in [0, 0.05) is 17.0 Å². The first kappa shape index (κ1) is 13.1. The number of para-hydroxylation sites is 2. The molecule has 106 valence electrons. The molecule has 21 heavy (non-hydrogen) atoms. The summed E-state index contributed by atoms with van der Waals surface area (Å²) in [4.78, 5) is 24.0. The number of benzene rings is 2. The molecule has 1 aromatic heterocycles. The molecule has 0 N–H and O–H groups in total. The van der Waals surface area contributed by atoms with E-state index in [1.54, 1.807) is 31.2 Å². The molecule has 1 heterocycles. The van der Waals surface area contributed by atoms with Gasteiger partial charge in [0.15, 0.2) is 0 Å². The van der Waals surface area contributed by atoms with Crippen molar-refractivity contribution in [2.24, 2.45) is 0 Å². The van der Waals surface area contributed by atoms with E-state index in [4.69, 9.17) is 4.74 Å². The van der Waals surface area contributed by atoms with Crippen LogP contribution in [-0.4, -0.2) is 17.3 Å². The van der Waals surface area contributed by atoms with Crippen molar-refractivity contribution >= 4 is 28.0 Å². The van der Waals surface area contributed by atoms with Gasteiger partial charge in [-0.3, -0.25) is 0 Å². The van der Waals surface area contributed by atoms with Crippen LogP contribution in [-0.2, 0) is 4.74 Å². The SMILES string of the molecule is CCOC(=O)c1ccc2c(c1)n([O-])c1ccccc1[n+]2=O. The first-order valence-corrected chi connectivity index (χ1v) is 6.48. The minimum atomic E-state index is -0.523. The van der Waals surface area contributed by atoms with Crippen LogP contribution in [0.5, 0.6) is 0 Å². The molecule has 0 fully saturated rings. The van der Waals surface area contributed by atoms with E-state index < -0.39 is 5.97 Å². The van der Waals surface area contributed by atoms with Crippen LogP contribution in [0.15, 0.2) is 42.5 Å². The molecule has 0 atom stereocenters. The van der Waals surface area contributed by atoms with E-state index in [-0.39, 0.29) is 34.2 Å². The van der Waals surface area contributed by atoms with Crippen molar-refractivity contribution in [3.8, 4) is 0 Å². The lowest BCUT2D eigenvalue weighted by Crippen LogP contribution is -2.20. The van der Waals surface area contributed by atoms with E-state index in [0.29, 0.717) is 9.16 Å². The first-order valence-electron chi connectivity index (χ1n) is 6.48. The summed E-state index contributed by atoms with van der Waals surface area (Å²) in [7, 11) is 0. The Balaban J connectivity index is 2.36. The maximum Gasteiger partial charge on any atom is 0.338 e. The molecule has 0 bridgehead atoms. The zero-order chi connectivity index (χ0) is 15.0. The quantitative estimate of drug-likeness (QED) is 0.411. The van der Waals surface area contributed by atoms with Crippen LogP contribution >= 0.6 is 0 Å². The van der Waals surface area contributed by atoms with E-state index in [9.17, 15) is 14.9 Å². The van der Waals surface area contributed by atoms with Gasteiger partial charge in [0.05, 0.1) is 16.6 Å². The minimum Gasteiger partial charge on any atom is -0.805 e. The zero-order valence-corrected chi connectivity index (χ0v) is 11.3. The third-order valence-corrected chi connectivity index (χ3v) is 3.24. The maximum atomic E-state index is 12.4. The summed E-state index contributed by atoms with van der Waals surface area (Å²) in [6.07, 6.45) is 0. The Morgan fingerprint density at radius 3 is 2.67 bits per heavy atom. The predicted octanol–water partition coefficient (Wildman–Crippen LogP) is 2.23. The van der Waals surface area contributed by atoms with E-state index >= 15 is 0 Å². The maximum absolute atomic E-state index is 12.4. The Kier molecular flexibility index (Phi) is 3.06. The molecule has 0 amide bonds. The van der Waals surface area contributed by atoms with Crippen molar-refractivity contribution in [2.75, 3.05) is 6.61 Å². The van der Waals surface area contributed by atoms with E-state index in [1.165, 1.54) is 18.2 Å². The zero-order valence-electron chi connectivity index (χ0n) is 11.3. The molecule has 0 spiro atoms. The smallest absolute Gasteiger partial charge is 0.338 e. The number of rotatable bonds is 2. The molecule has 6 heteroatoms. The van der Waals surface area contributed by atoms with Crippen LogP contribution in [0.1, 0.15) is 17.3 Å². The van der Waals surface area contributed by atoms with Crippen molar-refractivity contribution in [3.05, 3.63) is 58.1 Å². The van der Waals surface area contributed by atoms with E-state index in [1.807, 2.05) is 0 Å². The number of hydrogen-bond donors (Lipinski definition) is 0. The molecular weight excluding hydrogens is 272 g/mol. The molecule has 0 aliphatic carbocycles. The second-order valence-electron chi connectivity index (χ2n) is 4.50. The third kappa shape index (κ3) is 2.01. The number of esters is 1. The summed E-state index contributed by atoms with van der Waals surface area (Å²) in [6.45, 7) is 1.94. The molecule has 0 saturated heterocycles. The van der Waals surface area contributed by atoms with E-state index in [2.05, 4.69) is 0 Å². The molecule has 0 saturated carbocycles. The normalized spacial score (nSPS) is 10.9. The number of hydrogen-bond acceptors (Lipinski definition) is 4. The van der Waals surface area contributed by atoms with Crippen molar-refractivity contribution in [1.82, 2.24) is 4.73 Å². The highest BCUT2D eigenvalue weighted by atomic mass is 16.5. The Labute approximate surface area is 119 Å². The standard InChI is InChI=1S/C15H12N2O4/c1-2-21-15(18)10-7-8-13-14(9-10)17(20)12-6-4-3-5-11(12)16(13)19/h3-9H,2H2,1H3. The Hall–Kier alpha value is -2.89. The van der Waals surface area contributed by atoms with Crippen molar-refractivity contribution in [1.29, 1.82) is 0 Å². The number of nitrogens with zero attached hydrogens (tertiary/aromatic N) is 2. The van der Waals surface area contributed by atoms with Gasteiger partial charge in [-0.1, -0.05) is 12.1 Å². The molecule has 0 aliphatic heterocycles. The average molecular weight is 284 g/mol. The second-order valence-corrected chi connectivity index (χ2v) is 4.50. The first-order chi connectivity index (χ1) is 10.1. The number of carbonyl (C=O) groups is 1. The highest BCUT2D eigenvalue weighted by Crippen LogP contribution is 2.18. The highest BCUT2D eigenvalue weighted by molar-refractivity contribution is 5.94. The van der Waals surface area contributed by atoms with Crippen LogP contribution in [0.2, 0.25) is 0 Å². The summed E-state index contributed by atoms with van der Waals surface area (Å²) in [5.41, 5.74) is 1.11. The fraction of sp³-hybridized carbons (Fsp3) is 0.133. The van der Waals surface area contributed by atoms with Crippen LogP contribution in [0.3, 0.4) is 0 Å². The molecule has 0 aliphatic rings. The summed E-state index contributed by atoms with van der Waals surface area (Å²) in [5, 5.41) is 12.4. The predicted molar refractivity (Wildman–Crippen MR) is 77.5 cm³/mol. The van der Waals surface area contributed by atoms with Crippen LogP contribution in [0, 0.1) is 10.1 Å². The fourth-order valence-electron chi connectivity index (χ4n) is 2.27. The molecule has 6 nitrogen and oxygen atoms in total.